The number of primary amides is 1. The van der Waals surface area contributed by atoms with Crippen LogP contribution in [0.25, 0.3) is 0 Å². The van der Waals surface area contributed by atoms with Gasteiger partial charge >= 0.3 is 5.97 Å². The molecule has 0 aromatic heterocycles. The van der Waals surface area contributed by atoms with Crippen LogP contribution in [0.15, 0.2) is 0 Å². The number of amides is 1. The maximum absolute atomic E-state index is 11.1. The zero-order valence-corrected chi connectivity index (χ0v) is 8.68. The van der Waals surface area contributed by atoms with Crippen molar-refractivity contribution < 1.29 is 19.4 Å². The van der Waals surface area contributed by atoms with Gasteiger partial charge in [0.05, 0.1) is 19.6 Å². The van der Waals surface area contributed by atoms with Crippen LogP contribution < -0.4 is 5.73 Å². The molecular weight excluding hydrogens is 200 g/mol. The molecule has 0 radical (unpaired) electrons. The normalized spacial score (nSPS) is 24.7. The van der Waals surface area contributed by atoms with Crippen molar-refractivity contribution in [2.75, 3.05) is 19.8 Å². The van der Waals surface area contributed by atoms with Crippen molar-refractivity contribution in [1.29, 1.82) is 0 Å². The van der Waals surface area contributed by atoms with Crippen molar-refractivity contribution in [3.05, 3.63) is 0 Å². The summed E-state index contributed by atoms with van der Waals surface area (Å²) in [6.45, 7) is 3.07. The minimum Gasteiger partial charge on any atom is -0.481 e. The molecule has 0 spiro atoms. The van der Waals surface area contributed by atoms with Gasteiger partial charge in [0.15, 0.2) is 0 Å². The molecule has 2 atom stereocenters. The van der Waals surface area contributed by atoms with Gasteiger partial charge in [0.25, 0.3) is 0 Å². The second-order valence-electron chi connectivity index (χ2n) is 3.68. The Morgan fingerprint density at radius 3 is 2.87 bits per heavy atom. The van der Waals surface area contributed by atoms with Crippen LogP contribution in [0.1, 0.15) is 13.3 Å². The maximum atomic E-state index is 11.1. The fraction of sp³-hybridized carbons (Fsp3) is 0.778. The van der Waals surface area contributed by atoms with Crippen LogP contribution in [0.4, 0.5) is 0 Å². The lowest BCUT2D eigenvalue weighted by atomic mass is 10.1. The molecule has 0 aliphatic carbocycles. The first kappa shape index (κ1) is 11.9. The highest BCUT2D eigenvalue weighted by Gasteiger charge is 2.31. The van der Waals surface area contributed by atoms with E-state index in [0.717, 1.165) is 0 Å². The van der Waals surface area contributed by atoms with Crippen LogP contribution in [0, 0.1) is 0 Å². The largest absolute Gasteiger partial charge is 0.481 e. The van der Waals surface area contributed by atoms with Crippen molar-refractivity contribution in [2.45, 2.75) is 25.4 Å². The molecule has 0 bridgehead atoms. The molecule has 1 saturated heterocycles. The molecule has 6 nitrogen and oxygen atoms in total. The Bertz CT molecular complexity index is 256. The molecule has 1 fully saturated rings. The first-order valence-corrected chi connectivity index (χ1v) is 4.87. The van der Waals surface area contributed by atoms with E-state index in [1.165, 1.54) is 0 Å². The van der Waals surface area contributed by atoms with Crippen LogP contribution in [-0.2, 0) is 14.3 Å². The highest BCUT2D eigenvalue weighted by Crippen LogP contribution is 2.13. The highest BCUT2D eigenvalue weighted by molar-refractivity contribution is 5.80. The third kappa shape index (κ3) is 3.17. The van der Waals surface area contributed by atoms with E-state index in [1.54, 1.807) is 11.8 Å². The average molecular weight is 216 g/mol. The van der Waals surface area contributed by atoms with Gasteiger partial charge in [-0.15, -0.1) is 0 Å². The number of carboxylic acid groups (broad SMARTS) is 1. The third-order valence-corrected chi connectivity index (χ3v) is 2.53. The third-order valence-electron chi connectivity index (χ3n) is 2.53. The summed E-state index contributed by atoms with van der Waals surface area (Å²) in [6.07, 6.45) is 0.00375. The number of morpholine rings is 1. The number of carbonyl (C=O) groups excluding carboxylic acids is 1. The molecule has 0 aromatic carbocycles. The molecule has 15 heavy (non-hydrogen) atoms. The number of ether oxygens (including phenoxy) is 1. The van der Waals surface area contributed by atoms with E-state index in [9.17, 15) is 9.59 Å². The molecule has 1 aliphatic heterocycles. The molecule has 1 aliphatic rings. The number of nitrogens with two attached hydrogens (primary N) is 1. The van der Waals surface area contributed by atoms with Crippen LogP contribution in [0.3, 0.4) is 0 Å². The van der Waals surface area contributed by atoms with Crippen LogP contribution in [-0.4, -0.2) is 53.7 Å². The summed E-state index contributed by atoms with van der Waals surface area (Å²) in [5, 5.41) is 8.67. The van der Waals surface area contributed by atoms with Crippen molar-refractivity contribution in [3.63, 3.8) is 0 Å². The first-order chi connectivity index (χ1) is 7.02. The second kappa shape index (κ2) is 5.09. The minimum absolute atomic E-state index is 0.00375. The summed E-state index contributed by atoms with van der Waals surface area (Å²) in [5.41, 5.74) is 5.22. The quantitative estimate of drug-likeness (QED) is 0.631. The molecule has 1 amide bonds. The van der Waals surface area contributed by atoms with Gasteiger partial charge < -0.3 is 15.6 Å². The summed E-state index contributed by atoms with van der Waals surface area (Å²) in [5.74, 6) is -1.34. The summed E-state index contributed by atoms with van der Waals surface area (Å²) in [6, 6.07) is -0.711. The summed E-state index contributed by atoms with van der Waals surface area (Å²) < 4.78 is 5.14. The van der Waals surface area contributed by atoms with Gasteiger partial charge in [0.2, 0.25) is 5.91 Å². The van der Waals surface area contributed by atoms with Crippen molar-refractivity contribution in [3.8, 4) is 0 Å². The average Bonchev–Trinajstić information content (AvgIpc) is 2.16. The fourth-order valence-electron chi connectivity index (χ4n) is 1.76. The number of carbonyl (C=O) groups is 2. The molecule has 86 valence electrons. The number of nitrogens with zero attached hydrogens (tertiary/aromatic N) is 1. The molecule has 6 heteroatoms. The van der Waals surface area contributed by atoms with Gasteiger partial charge in [-0.1, -0.05) is 0 Å². The van der Waals surface area contributed by atoms with Gasteiger partial charge in [-0.25, -0.2) is 0 Å². The van der Waals surface area contributed by atoms with Crippen molar-refractivity contribution in [2.24, 2.45) is 5.73 Å². The Balaban J connectivity index is 2.62. The van der Waals surface area contributed by atoms with E-state index in [4.69, 9.17) is 15.6 Å². The molecular formula is C9H16N2O4. The second-order valence-corrected chi connectivity index (χ2v) is 3.68. The molecule has 0 saturated carbocycles. The fourth-order valence-corrected chi connectivity index (χ4v) is 1.76. The van der Waals surface area contributed by atoms with Gasteiger partial charge in [0, 0.05) is 12.6 Å². The summed E-state index contributed by atoms with van der Waals surface area (Å²) in [7, 11) is 0. The maximum Gasteiger partial charge on any atom is 0.304 e. The van der Waals surface area contributed by atoms with Gasteiger partial charge in [0.1, 0.15) is 6.04 Å². The minimum atomic E-state index is -0.878. The van der Waals surface area contributed by atoms with Crippen molar-refractivity contribution in [1.82, 2.24) is 4.90 Å². The number of rotatable bonds is 4. The lowest BCUT2D eigenvalue weighted by molar-refractivity contribution is -0.141. The molecule has 1 heterocycles. The molecule has 0 aromatic rings. The van der Waals surface area contributed by atoms with E-state index in [2.05, 4.69) is 0 Å². The highest BCUT2D eigenvalue weighted by atomic mass is 16.5. The van der Waals surface area contributed by atoms with Crippen LogP contribution >= 0.6 is 0 Å². The van der Waals surface area contributed by atoms with E-state index in [-0.39, 0.29) is 19.1 Å². The molecule has 3 N–H and O–H groups in total. The first-order valence-electron chi connectivity index (χ1n) is 4.87. The lowest BCUT2D eigenvalue weighted by Crippen LogP contribution is -2.55. The smallest absolute Gasteiger partial charge is 0.304 e. The number of carboxylic acids is 1. The summed E-state index contributed by atoms with van der Waals surface area (Å²) in [4.78, 5) is 23.5. The number of hydrogen-bond acceptors (Lipinski definition) is 4. The molecule has 2 unspecified atom stereocenters. The Morgan fingerprint density at radius 2 is 2.33 bits per heavy atom. The lowest BCUT2D eigenvalue weighted by Gasteiger charge is -2.37. The van der Waals surface area contributed by atoms with E-state index in [0.29, 0.717) is 13.2 Å². The standard InChI is InChI=1S/C9H16N2O4/c1-6(4-8(12)13)11-2-3-15-5-7(11)9(10)14/h6-7H,2-5H2,1H3,(H2,10,14)(H,12,13). The van der Waals surface area contributed by atoms with E-state index < -0.39 is 17.9 Å². The predicted molar refractivity (Wildman–Crippen MR) is 52.2 cm³/mol. The zero-order chi connectivity index (χ0) is 11.4. The van der Waals surface area contributed by atoms with Crippen LogP contribution in [0.2, 0.25) is 0 Å². The topological polar surface area (TPSA) is 92.9 Å². The zero-order valence-electron chi connectivity index (χ0n) is 8.68. The van der Waals surface area contributed by atoms with E-state index in [1.807, 2.05) is 0 Å². The Labute approximate surface area is 88.0 Å². The Hall–Kier alpha value is -1.14. The Kier molecular flexibility index (Phi) is 4.05. The van der Waals surface area contributed by atoms with Crippen LogP contribution in [0.5, 0.6) is 0 Å². The van der Waals surface area contributed by atoms with Crippen molar-refractivity contribution >= 4 is 11.9 Å². The SMILES string of the molecule is CC(CC(=O)O)N1CCOCC1C(N)=O. The number of hydrogen-bond donors (Lipinski definition) is 2. The van der Waals surface area contributed by atoms with E-state index >= 15 is 0 Å². The van der Waals surface area contributed by atoms with Gasteiger partial charge in [-0.2, -0.15) is 0 Å². The molecule has 1 rings (SSSR count). The van der Waals surface area contributed by atoms with Gasteiger partial charge in [-0.3, -0.25) is 14.5 Å². The van der Waals surface area contributed by atoms with Gasteiger partial charge in [-0.05, 0) is 6.92 Å². The monoisotopic (exact) mass is 216 g/mol. The summed E-state index contributed by atoms with van der Waals surface area (Å²) >= 11 is 0. The Morgan fingerprint density at radius 1 is 1.67 bits per heavy atom. The number of aliphatic carboxylic acids is 1. The predicted octanol–water partition coefficient (Wildman–Crippen LogP) is -0.964.